The molecule has 1 saturated heterocycles. The van der Waals surface area contributed by atoms with Crippen LogP contribution in [0.15, 0.2) is 140 Å². The molecule has 1 aliphatic rings. The zero-order chi connectivity index (χ0) is 35.3. The summed E-state index contributed by atoms with van der Waals surface area (Å²) in [4.78, 5) is 59.2. The number of nitrogens with zero attached hydrogens (tertiary/aromatic N) is 2. The van der Waals surface area contributed by atoms with Crippen molar-refractivity contribution in [3.63, 3.8) is 0 Å². The number of aliphatic hydroxyl groups is 1. The summed E-state index contributed by atoms with van der Waals surface area (Å²) < 4.78 is 0. The van der Waals surface area contributed by atoms with Crippen LogP contribution in [0.1, 0.15) is 39.6 Å². The molecule has 0 saturated carbocycles. The highest BCUT2D eigenvalue weighted by Crippen LogP contribution is 2.49. The number of carboxylic acids is 1. The van der Waals surface area contributed by atoms with Gasteiger partial charge in [-0.1, -0.05) is 115 Å². The number of β-lactam (4-membered cyclic amide) rings is 1. The molecule has 50 heavy (non-hydrogen) atoms. The van der Waals surface area contributed by atoms with Crippen molar-refractivity contribution in [2.45, 2.75) is 32.0 Å². The number of aliphatic carboxylic acids is 1. The first-order chi connectivity index (χ1) is 24.2. The van der Waals surface area contributed by atoms with E-state index in [0.717, 1.165) is 21.5 Å². The fraction of sp³-hybridized carbons (Fsp3) is 0.150. The molecule has 2 heterocycles. The van der Waals surface area contributed by atoms with Crippen molar-refractivity contribution in [1.82, 2.24) is 15.2 Å². The summed E-state index contributed by atoms with van der Waals surface area (Å²) in [7, 11) is 0. The summed E-state index contributed by atoms with van der Waals surface area (Å²) in [5.74, 6) is -3.37. The van der Waals surface area contributed by atoms with Crippen molar-refractivity contribution < 1.29 is 29.4 Å². The van der Waals surface area contributed by atoms with Gasteiger partial charge < -0.3 is 20.4 Å². The highest BCUT2D eigenvalue weighted by Gasteiger charge is 2.55. The topological polar surface area (TPSA) is 137 Å². The number of rotatable bonds is 12. The monoisotopic (exact) mass is 685 g/mol. The number of hydrogen-bond acceptors (Lipinski definition) is 6. The lowest BCUT2D eigenvalue weighted by atomic mass is 9.79. The lowest BCUT2D eigenvalue weighted by Crippen LogP contribution is -2.68. The molecule has 1 fully saturated rings. The molecule has 9 nitrogen and oxygen atoms in total. The van der Waals surface area contributed by atoms with Crippen LogP contribution in [0.2, 0.25) is 0 Å². The minimum Gasteiger partial charge on any atom is -0.477 e. The van der Waals surface area contributed by atoms with Gasteiger partial charge in [-0.2, -0.15) is 0 Å². The molecule has 252 valence electrons. The van der Waals surface area contributed by atoms with E-state index < -0.39 is 36.8 Å². The zero-order valence-corrected chi connectivity index (χ0v) is 28.2. The summed E-state index contributed by atoms with van der Waals surface area (Å²) in [6.07, 6.45) is 1.75. The van der Waals surface area contributed by atoms with Gasteiger partial charge in [0, 0.05) is 37.8 Å². The maximum atomic E-state index is 14.0. The highest BCUT2D eigenvalue weighted by molar-refractivity contribution is 7.96. The first-order valence-corrected chi connectivity index (χ1v) is 18.0. The Labute approximate surface area is 290 Å². The molecule has 6 rings (SSSR count). The van der Waals surface area contributed by atoms with E-state index in [1.54, 1.807) is 42.6 Å². The van der Waals surface area contributed by atoms with E-state index in [4.69, 9.17) is 0 Å². The fourth-order valence-electron chi connectivity index (χ4n) is 6.65. The molecule has 1 aliphatic heterocycles. The van der Waals surface area contributed by atoms with Crippen molar-refractivity contribution >= 4 is 51.8 Å². The molecule has 0 unspecified atom stereocenters. The van der Waals surface area contributed by atoms with Gasteiger partial charge in [0.1, 0.15) is 5.42 Å². The second-order valence-electron chi connectivity index (χ2n) is 12.1. The number of carbonyl (C=O) groups is 4. The van der Waals surface area contributed by atoms with Crippen molar-refractivity contribution in [2.75, 3.05) is 0 Å². The molecule has 0 spiro atoms. The molecule has 4 aromatic carbocycles. The molecule has 0 bridgehead atoms. The van der Waals surface area contributed by atoms with Crippen molar-refractivity contribution in [3.05, 3.63) is 156 Å². The number of pyridine rings is 1. The van der Waals surface area contributed by atoms with E-state index in [2.05, 4.69) is 10.3 Å². The minimum absolute atomic E-state index is 0.111. The third-order valence-electron chi connectivity index (χ3n) is 9.00. The van der Waals surface area contributed by atoms with Crippen molar-refractivity contribution in [3.8, 4) is 0 Å². The largest absolute Gasteiger partial charge is 0.477 e. The number of benzene rings is 4. The summed E-state index contributed by atoms with van der Waals surface area (Å²) in [6.45, 7) is -1.52. The minimum atomic E-state index is -3.24. The highest BCUT2D eigenvalue weighted by atomic mass is 31.2. The Bertz CT molecular complexity index is 1950. The molecule has 10 heteroatoms. The molecule has 0 aliphatic carbocycles. The maximum absolute atomic E-state index is 14.0. The van der Waals surface area contributed by atoms with Gasteiger partial charge in [0.05, 0.1) is 23.6 Å². The first kappa shape index (κ1) is 34.2. The van der Waals surface area contributed by atoms with E-state index in [-0.39, 0.29) is 30.1 Å². The molecule has 1 aromatic heterocycles. The number of ketones is 1. The van der Waals surface area contributed by atoms with Gasteiger partial charge in [0.2, 0.25) is 5.91 Å². The molecule has 2 amide bonds. The van der Waals surface area contributed by atoms with Crippen LogP contribution in [0.4, 0.5) is 0 Å². The Kier molecular flexibility index (Phi) is 10.2. The van der Waals surface area contributed by atoms with Gasteiger partial charge in [-0.25, -0.2) is 4.79 Å². The number of amides is 2. The summed E-state index contributed by atoms with van der Waals surface area (Å²) in [5, 5.41) is 27.0. The number of nitrogens with one attached hydrogen (secondary N) is 1. The average molecular weight is 686 g/mol. The standard InChI is InChI=1S/C40H36N3O6P/c1-27(44)36-34(24-35(45)29-21-19-28(20-22-29)25-42-37(46)30-12-11-23-41-26-30)43(38(36)47)39(40(48)49)50(31-13-5-2-6-14-31,32-15-7-3-8-16-32)33-17-9-4-10-18-33/h2-23,26-27,34,36,44H,24-25H2,1H3,(H,42,46)(H,48,49)/t27-,34-,36-/m1/s1. The van der Waals surface area contributed by atoms with Gasteiger partial charge in [0.15, 0.2) is 5.78 Å². The summed E-state index contributed by atoms with van der Waals surface area (Å²) in [6, 6.07) is 37.1. The predicted octanol–water partition coefficient (Wildman–Crippen LogP) is 4.00. The van der Waals surface area contributed by atoms with Crippen LogP contribution in [0.5, 0.6) is 0 Å². The molecular formula is C40H36N3O6P. The number of hydrogen-bond donors (Lipinski definition) is 3. The fourth-order valence-corrected chi connectivity index (χ4v) is 11.0. The van der Waals surface area contributed by atoms with Crippen LogP contribution >= 0.6 is 6.89 Å². The number of carbonyl (C=O) groups excluding carboxylic acids is 3. The van der Waals surface area contributed by atoms with E-state index in [1.807, 2.05) is 91.0 Å². The molecular weight excluding hydrogens is 649 g/mol. The second kappa shape index (κ2) is 14.9. The number of likely N-dealkylation sites (tertiary alicyclic amines) is 1. The van der Waals surface area contributed by atoms with Gasteiger partial charge >= 0.3 is 5.97 Å². The Morgan fingerprint density at radius 2 is 1.32 bits per heavy atom. The normalized spacial score (nSPS) is 16.2. The van der Waals surface area contributed by atoms with Crippen LogP contribution < -0.4 is 21.2 Å². The Balaban J connectivity index is 1.40. The summed E-state index contributed by atoms with van der Waals surface area (Å²) >= 11 is 0. The average Bonchev–Trinajstić information content (AvgIpc) is 3.15. The maximum Gasteiger partial charge on any atom is 0.353 e. The third-order valence-corrected chi connectivity index (χ3v) is 13.3. The third kappa shape index (κ3) is 6.53. The van der Waals surface area contributed by atoms with Crippen molar-refractivity contribution in [2.24, 2.45) is 5.92 Å². The Morgan fingerprint density at radius 1 is 0.780 bits per heavy atom. The Morgan fingerprint density at radius 3 is 1.78 bits per heavy atom. The lowest BCUT2D eigenvalue weighted by molar-refractivity contribution is -0.156. The van der Waals surface area contributed by atoms with Gasteiger partial charge in [-0.05, 0) is 40.5 Å². The SMILES string of the molecule is C[C@@H](O)[C@H]1C(=O)N(C(C(=O)O)=P(c2ccccc2)(c2ccccc2)c2ccccc2)[C@@H]1CC(=O)c1ccc(CNC(=O)c2cccnc2)cc1. The molecule has 3 N–H and O–H groups in total. The van der Waals surface area contributed by atoms with Crippen LogP contribution in [-0.4, -0.2) is 61.2 Å². The van der Waals surface area contributed by atoms with Crippen LogP contribution in [0.25, 0.3) is 0 Å². The molecule has 5 aromatic rings. The van der Waals surface area contributed by atoms with E-state index in [0.29, 0.717) is 11.1 Å². The van der Waals surface area contributed by atoms with Crippen LogP contribution in [-0.2, 0) is 16.1 Å². The van der Waals surface area contributed by atoms with Crippen molar-refractivity contribution in [1.29, 1.82) is 0 Å². The van der Waals surface area contributed by atoms with Crippen LogP contribution in [0, 0.1) is 5.92 Å². The van der Waals surface area contributed by atoms with Gasteiger partial charge in [-0.3, -0.25) is 19.4 Å². The Hall–Kier alpha value is -5.63. The van der Waals surface area contributed by atoms with E-state index in [1.165, 1.54) is 18.0 Å². The quantitative estimate of drug-likeness (QED) is 0.103. The second-order valence-corrected chi connectivity index (χ2v) is 15.4. The number of aromatic nitrogens is 1. The number of Topliss-reactive ketones (excluding diaryl/α,β-unsaturated/α-hetero) is 1. The first-order valence-electron chi connectivity index (χ1n) is 16.2. The number of aliphatic hydroxyl groups excluding tert-OH is 1. The summed E-state index contributed by atoms with van der Waals surface area (Å²) in [5.41, 5.74) is 1.46. The lowest BCUT2D eigenvalue weighted by Gasteiger charge is -2.50. The van der Waals surface area contributed by atoms with Crippen LogP contribution in [0.3, 0.4) is 0 Å². The number of carboxylic acid groups (broad SMARTS) is 1. The zero-order valence-electron chi connectivity index (χ0n) is 27.3. The van der Waals surface area contributed by atoms with Gasteiger partial charge in [-0.15, -0.1) is 0 Å². The van der Waals surface area contributed by atoms with Gasteiger partial charge in [0.25, 0.3) is 5.91 Å². The molecule has 3 atom stereocenters. The smallest absolute Gasteiger partial charge is 0.353 e. The predicted molar refractivity (Wildman–Crippen MR) is 194 cm³/mol. The van der Waals surface area contributed by atoms with E-state index >= 15 is 0 Å². The van der Waals surface area contributed by atoms with E-state index in [9.17, 15) is 29.4 Å². The molecule has 0 radical (unpaired) electrons.